The second kappa shape index (κ2) is 5.87. The second-order valence-corrected chi connectivity index (χ2v) is 5.83. The zero-order chi connectivity index (χ0) is 14.8. The van der Waals surface area contributed by atoms with Gasteiger partial charge in [-0.2, -0.15) is 10.5 Å². The standard InChI is InChI=1S/C14H18N4OS/c1-2-5-18-6-3-14(4-7-18)10(8-15)12(19)17-13(20)11(14)9-16/h10,20H,2-7H2,1H3,(H,17,19)/t10-/m0/s1. The predicted octanol–water partition coefficient (Wildman–Crippen LogP) is 1.41. The zero-order valence-corrected chi connectivity index (χ0v) is 12.4. The second-order valence-electron chi connectivity index (χ2n) is 5.38. The molecule has 1 atom stereocenters. The largest absolute Gasteiger partial charge is 0.319 e. The number of carbonyl (C=O) groups is 1. The summed E-state index contributed by atoms with van der Waals surface area (Å²) < 4.78 is 0. The molecule has 0 unspecified atom stereocenters. The van der Waals surface area contributed by atoms with Crippen LogP contribution in [0.4, 0.5) is 0 Å². The summed E-state index contributed by atoms with van der Waals surface area (Å²) in [6, 6.07) is 4.26. The van der Waals surface area contributed by atoms with Crippen LogP contribution >= 0.6 is 12.6 Å². The number of nitriles is 2. The molecule has 0 bridgehead atoms. The van der Waals surface area contributed by atoms with Gasteiger partial charge in [-0.3, -0.25) is 4.79 Å². The lowest BCUT2D eigenvalue weighted by atomic mass is 9.63. The molecule has 0 aromatic heterocycles. The highest BCUT2D eigenvalue weighted by molar-refractivity contribution is 7.84. The number of likely N-dealkylation sites (tertiary alicyclic amines) is 1. The SMILES string of the molecule is CCCN1CCC2(CC1)C(C#N)=C(S)NC(=O)[C@@H]2C#N. The number of nitrogens with zero attached hydrogens (tertiary/aromatic N) is 3. The van der Waals surface area contributed by atoms with Crippen molar-refractivity contribution < 1.29 is 4.79 Å². The van der Waals surface area contributed by atoms with Gasteiger partial charge < -0.3 is 10.2 Å². The highest BCUT2D eigenvalue weighted by atomic mass is 32.1. The van der Waals surface area contributed by atoms with Gasteiger partial charge in [0.2, 0.25) is 5.91 Å². The molecule has 2 rings (SSSR count). The summed E-state index contributed by atoms with van der Waals surface area (Å²) in [5.41, 5.74) is -0.198. The Balaban J connectivity index is 2.35. The van der Waals surface area contributed by atoms with Crippen molar-refractivity contribution in [2.75, 3.05) is 19.6 Å². The molecule has 106 valence electrons. The number of hydrogen-bond acceptors (Lipinski definition) is 5. The van der Waals surface area contributed by atoms with Crippen molar-refractivity contribution >= 4 is 18.5 Å². The molecule has 0 saturated carbocycles. The molecule has 0 aromatic carbocycles. The Morgan fingerprint density at radius 2 is 2.10 bits per heavy atom. The zero-order valence-electron chi connectivity index (χ0n) is 11.5. The van der Waals surface area contributed by atoms with Gasteiger partial charge in [0.25, 0.3) is 0 Å². The topological polar surface area (TPSA) is 79.9 Å². The van der Waals surface area contributed by atoms with E-state index < -0.39 is 11.3 Å². The van der Waals surface area contributed by atoms with E-state index >= 15 is 0 Å². The third kappa shape index (κ3) is 2.30. The average Bonchev–Trinajstić information content (AvgIpc) is 2.42. The van der Waals surface area contributed by atoms with Crippen molar-refractivity contribution in [1.29, 1.82) is 10.5 Å². The number of hydrogen-bond donors (Lipinski definition) is 2. The van der Waals surface area contributed by atoms with Gasteiger partial charge in [0.05, 0.1) is 22.7 Å². The minimum Gasteiger partial charge on any atom is -0.319 e. The fourth-order valence-corrected chi connectivity index (χ4v) is 3.64. The van der Waals surface area contributed by atoms with Gasteiger partial charge in [-0.25, -0.2) is 0 Å². The molecule has 1 saturated heterocycles. The molecular formula is C14H18N4OS. The molecular weight excluding hydrogens is 272 g/mol. The maximum atomic E-state index is 12.0. The smallest absolute Gasteiger partial charge is 0.243 e. The molecule has 1 amide bonds. The van der Waals surface area contributed by atoms with E-state index in [4.69, 9.17) is 0 Å². The minimum atomic E-state index is -0.795. The molecule has 0 aromatic rings. The van der Waals surface area contributed by atoms with Crippen molar-refractivity contribution in [2.24, 2.45) is 11.3 Å². The van der Waals surface area contributed by atoms with Crippen LogP contribution in [0.1, 0.15) is 26.2 Å². The van der Waals surface area contributed by atoms with Crippen LogP contribution < -0.4 is 5.32 Å². The van der Waals surface area contributed by atoms with E-state index in [2.05, 4.69) is 41.9 Å². The van der Waals surface area contributed by atoms with Gasteiger partial charge >= 0.3 is 0 Å². The van der Waals surface area contributed by atoms with E-state index in [0.717, 1.165) is 26.1 Å². The molecule has 0 radical (unpaired) electrons. The summed E-state index contributed by atoms with van der Waals surface area (Å²) in [4.78, 5) is 14.4. The predicted molar refractivity (Wildman–Crippen MR) is 77.3 cm³/mol. The number of amides is 1. The molecule has 1 fully saturated rings. The molecule has 20 heavy (non-hydrogen) atoms. The number of carbonyl (C=O) groups excluding carboxylic acids is 1. The summed E-state index contributed by atoms with van der Waals surface area (Å²) in [7, 11) is 0. The summed E-state index contributed by atoms with van der Waals surface area (Å²) in [5.74, 6) is -1.13. The van der Waals surface area contributed by atoms with Crippen LogP contribution in [0.15, 0.2) is 10.6 Å². The lowest BCUT2D eigenvalue weighted by Crippen LogP contribution is -2.52. The first-order chi connectivity index (χ1) is 9.58. The highest BCUT2D eigenvalue weighted by Crippen LogP contribution is 2.48. The van der Waals surface area contributed by atoms with Crippen LogP contribution in [0.3, 0.4) is 0 Å². The van der Waals surface area contributed by atoms with E-state index in [0.29, 0.717) is 23.4 Å². The maximum Gasteiger partial charge on any atom is 0.243 e. The summed E-state index contributed by atoms with van der Waals surface area (Å²) in [5, 5.41) is 21.6. The van der Waals surface area contributed by atoms with E-state index in [9.17, 15) is 15.3 Å². The lowest BCUT2D eigenvalue weighted by Gasteiger charge is -2.45. The molecule has 1 spiro atoms. The first kappa shape index (κ1) is 14.9. The van der Waals surface area contributed by atoms with Gasteiger partial charge in [0, 0.05) is 5.41 Å². The molecule has 2 aliphatic heterocycles. The first-order valence-electron chi connectivity index (χ1n) is 6.85. The van der Waals surface area contributed by atoms with Gasteiger partial charge in [-0.05, 0) is 38.9 Å². The van der Waals surface area contributed by atoms with Gasteiger partial charge in [-0.1, -0.05) is 6.92 Å². The molecule has 5 nitrogen and oxygen atoms in total. The van der Waals surface area contributed by atoms with Crippen LogP contribution in [-0.2, 0) is 4.79 Å². The number of rotatable bonds is 2. The number of allylic oxidation sites excluding steroid dienone is 1. The van der Waals surface area contributed by atoms with Crippen LogP contribution in [0.2, 0.25) is 0 Å². The number of piperidine rings is 1. The van der Waals surface area contributed by atoms with Crippen molar-refractivity contribution in [1.82, 2.24) is 10.2 Å². The monoisotopic (exact) mass is 290 g/mol. The highest BCUT2D eigenvalue weighted by Gasteiger charge is 2.51. The maximum absolute atomic E-state index is 12.0. The van der Waals surface area contributed by atoms with Crippen LogP contribution in [0.25, 0.3) is 0 Å². The molecule has 2 aliphatic rings. The van der Waals surface area contributed by atoms with Crippen LogP contribution in [-0.4, -0.2) is 30.4 Å². The van der Waals surface area contributed by atoms with E-state index in [-0.39, 0.29) is 5.91 Å². The van der Waals surface area contributed by atoms with Gasteiger partial charge in [0.1, 0.15) is 5.92 Å². The Hall–Kier alpha value is -1.50. The van der Waals surface area contributed by atoms with Gasteiger partial charge in [0.15, 0.2) is 0 Å². The van der Waals surface area contributed by atoms with E-state index in [1.54, 1.807) is 0 Å². The van der Waals surface area contributed by atoms with Gasteiger partial charge in [-0.15, -0.1) is 12.6 Å². The first-order valence-corrected chi connectivity index (χ1v) is 7.30. The summed E-state index contributed by atoms with van der Waals surface area (Å²) >= 11 is 4.23. The van der Waals surface area contributed by atoms with Crippen LogP contribution in [0, 0.1) is 34.0 Å². The summed E-state index contributed by atoms with van der Waals surface area (Å²) in [6.45, 7) is 4.76. The molecule has 2 heterocycles. The third-order valence-corrected chi connectivity index (χ3v) is 4.66. The van der Waals surface area contributed by atoms with E-state index in [1.807, 2.05) is 0 Å². The Kier molecular flexibility index (Phi) is 4.37. The third-order valence-electron chi connectivity index (χ3n) is 4.32. The van der Waals surface area contributed by atoms with Crippen LogP contribution in [0.5, 0.6) is 0 Å². The number of nitrogens with one attached hydrogen (secondary N) is 1. The quantitative estimate of drug-likeness (QED) is 0.754. The van der Waals surface area contributed by atoms with Crippen molar-refractivity contribution in [3.8, 4) is 12.1 Å². The van der Waals surface area contributed by atoms with Crippen molar-refractivity contribution in [3.05, 3.63) is 10.6 Å². The summed E-state index contributed by atoms with van der Waals surface area (Å²) in [6.07, 6.45) is 2.39. The normalized spacial score (nSPS) is 26.0. The number of thiol groups is 1. The average molecular weight is 290 g/mol. The van der Waals surface area contributed by atoms with E-state index in [1.165, 1.54) is 0 Å². The Morgan fingerprint density at radius 3 is 2.60 bits per heavy atom. The Labute approximate surface area is 124 Å². The van der Waals surface area contributed by atoms with Crippen molar-refractivity contribution in [2.45, 2.75) is 26.2 Å². The molecule has 0 aliphatic carbocycles. The Morgan fingerprint density at radius 1 is 1.45 bits per heavy atom. The molecule has 6 heteroatoms. The van der Waals surface area contributed by atoms with Crippen molar-refractivity contribution in [3.63, 3.8) is 0 Å². The Bertz CT molecular complexity index is 520. The minimum absolute atomic E-state index is 0.313. The fourth-order valence-electron chi connectivity index (χ4n) is 3.26. The fraction of sp³-hybridized carbons (Fsp3) is 0.643. The lowest BCUT2D eigenvalue weighted by molar-refractivity contribution is -0.127. The molecule has 1 N–H and O–H groups in total.